The van der Waals surface area contributed by atoms with Crippen molar-refractivity contribution in [1.82, 2.24) is 5.32 Å². The molecule has 1 amide bonds. The summed E-state index contributed by atoms with van der Waals surface area (Å²) >= 11 is 3.51. The Morgan fingerprint density at radius 1 is 1.16 bits per heavy atom. The zero-order valence-corrected chi connectivity index (χ0v) is 19.2. The predicted octanol–water partition coefficient (Wildman–Crippen LogP) is 5.62. The van der Waals surface area contributed by atoms with E-state index in [0.29, 0.717) is 28.1 Å². The highest BCUT2D eigenvalue weighted by Crippen LogP contribution is 2.35. The third-order valence-electron chi connectivity index (χ3n) is 4.63. The zero-order chi connectivity index (χ0) is 22.4. The van der Waals surface area contributed by atoms with Crippen LogP contribution in [0.2, 0.25) is 0 Å². The molecule has 5 nitrogen and oxygen atoms in total. The van der Waals surface area contributed by atoms with Gasteiger partial charge in [-0.1, -0.05) is 58.4 Å². The first-order valence-electron chi connectivity index (χ1n) is 9.82. The number of methoxy groups -OCH3 is 1. The maximum atomic E-state index is 12.2. The van der Waals surface area contributed by atoms with Crippen LogP contribution in [0.4, 0.5) is 0 Å². The van der Waals surface area contributed by atoms with Crippen LogP contribution < -0.4 is 14.8 Å². The lowest BCUT2D eigenvalue weighted by Crippen LogP contribution is -2.30. The summed E-state index contributed by atoms with van der Waals surface area (Å²) in [7, 11) is 1.55. The Hall–Kier alpha value is -3.30. The Labute approximate surface area is 190 Å². The number of carbonyl (C=O) groups excluding carboxylic acids is 1. The molecular weight excluding hydrogens is 456 g/mol. The summed E-state index contributed by atoms with van der Waals surface area (Å²) in [5, 5.41) is 14.4. The van der Waals surface area contributed by atoms with Gasteiger partial charge in [-0.05, 0) is 54.0 Å². The van der Waals surface area contributed by atoms with Crippen molar-refractivity contribution in [2.24, 2.45) is 0 Å². The van der Waals surface area contributed by atoms with Crippen molar-refractivity contribution >= 4 is 38.7 Å². The van der Waals surface area contributed by atoms with Crippen molar-refractivity contribution in [3.63, 3.8) is 0 Å². The number of nitrogens with zero attached hydrogens (tertiary/aromatic N) is 1. The molecule has 3 aromatic rings. The van der Waals surface area contributed by atoms with E-state index >= 15 is 0 Å². The van der Waals surface area contributed by atoms with E-state index in [1.54, 1.807) is 19.2 Å². The maximum absolute atomic E-state index is 12.2. The van der Waals surface area contributed by atoms with Crippen LogP contribution in [0.1, 0.15) is 25.0 Å². The standard InChI is InChI=1S/C25H23BrN2O3/c1-16(2)28-25(29)20(14-27)11-19-12-23(30-3)24(13-22(19)26)31-15-18-9-6-8-17-7-4-5-10-21(17)18/h4-13,16H,15H2,1-3H3,(H,28,29). The monoisotopic (exact) mass is 478 g/mol. The molecule has 3 rings (SSSR count). The van der Waals surface area contributed by atoms with Gasteiger partial charge in [-0.2, -0.15) is 5.26 Å². The summed E-state index contributed by atoms with van der Waals surface area (Å²) in [4.78, 5) is 12.2. The minimum Gasteiger partial charge on any atom is -0.493 e. The minimum absolute atomic E-state index is 0.0147. The summed E-state index contributed by atoms with van der Waals surface area (Å²) in [6.07, 6.45) is 1.53. The number of nitriles is 1. The number of amides is 1. The Morgan fingerprint density at radius 2 is 1.90 bits per heavy atom. The normalized spacial score (nSPS) is 11.3. The first-order chi connectivity index (χ1) is 14.9. The molecule has 0 bridgehead atoms. The third kappa shape index (κ3) is 5.44. The molecule has 0 fully saturated rings. The lowest BCUT2D eigenvalue weighted by atomic mass is 10.1. The first kappa shape index (κ1) is 22.4. The number of nitrogens with one attached hydrogen (secondary N) is 1. The SMILES string of the molecule is COc1cc(C=C(C#N)C(=O)NC(C)C)c(Br)cc1OCc1cccc2ccccc12. The number of ether oxygens (including phenoxy) is 2. The number of halogens is 1. The highest BCUT2D eigenvalue weighted by atomic mass is 79.9. The van der Waals surface area contributed by atoms with Crippen molar-refractivity contribution in [2.45, 2.75) is 26.5 Å². The number of hydrogen-bond donors (Lipinski definition) is 1. The molecule has 0 saturated carbocycles. The minimum atomic E-state index is -0.417. The summed E-state index contributed by atoms with van der Waals surface area (Å²) in [6.45, 7) is 4.06. The second-order valence-corrected chi connectivity index (χ2v) is 8.10. The van der Waals surface area contributed by atoms with Crippen LogP contribution in [-0.2, 0) is 11.4 Å². The molecule has 3 aromatic carbocycles. The van der Waals surface area contributed by atoms with E-state index in [9.17, 15) is 10.1 Å². The number of fused-ring (bicyclic) bond motifs is 1. The lowest BCUT2D eigenvalue weighted by Gasteiger charge is -2.14. The van der Waals surface area contributed by atoms with Crippen LogP contribution in [0.3, 0.4) is 0 Å². The van der Waals surface area contributed by atoms with Gasteiger partial charge in [0.15, 0.2) is 11.5 Å². The van der Waals surface area contributed by atoms with Crippen molar-refractivity contribution in [1.29, 1.82) is 5.26 Å². The molecule has 0 aliphatic heterocycles. The molecule has 0 spiro atoms. The van der Waals surface area contributed by atoms with Crippen molar-refractivity contribution in [3.8, 4) is 17.6 Å². The fourth-order valence-corrected chi connectivity index (χ4v) is 3.59. The van der Waals surface area contributed by atoms with Gasteiger partial charge in [0.25, 0.3) is 5.91 Å². The van der Waals surface area contributed by atoms with Gasteiger partial charge >= 0.3 is 0 Å². The van der Waals surface area contributed by atoms with Gasteiger partial charge in [0, 0.05) is 10.5 Å². The molecule has 0 aliphatic rings. The number of benzene rings is 3. The molecule has 1 N–H and O–H groups in total. The first-order valence-corrected chi connectivity index (χ1v) is 10.6. The fraction of sp³-hybridized carbons (Fsp3) is 0.200. The van der Waals surface area contributed by atoms with E-state index in [0.717, 1.165) is 16.3 Å². The second-order valence-electron chi connectivity index (χ2n) is 7.25. The summed E-state index contributed by atoms with van der Waals surface area (Å²) in [5.74, 6) is 0.653. The molecule has 0 aromatic heterocycles. The van der Waals surface area contributed by atoms with E-state index < -0.39 is 5.91 Å². The largest absolute Gasteiger partial charge is 0.493 e. The Morgan fingerprint density at radius 3 is 2.61 bits per heavy atom. The lowest BCUT2D eigenvalue weighted by molar-refractivity contribution is -0.117. The van der Waals surface area contributed by atoms with Crippen LogP contribution in [0.15, 0.2) is 64.6 Å². The third-order valence-corrected chi connectivity index (χ3v) is 5.32. The van der Waals surface area contributed by atoms with E-state index in [-0.39, 0.29) is 11.6 Å². The van der Waals surface area contributed by atoms with Crippen molar-refractivity contribution in [2.75, 3.05) is 7.11 Å². The molecule has 158 valence electrons. The quantitative estimate of drug-likeness (QED) is 0.353. The second kappa shape index (κ2) is 10.1. The van der Waals surface area contributed by atoms with Gasteiger partial charge in [-0.3, -0.25) is 4.79 Å². The molecule has 0 unspecified atom stereocenters. The van der Waals surface area contributed by atoms with Gasteiger partial charge in [-0.25, -0.2) is 0 Å². The molecule has 0 atom stereocenters. The molecule has 0 saturated heterocycles. The maximum Gasteiger partial charge on any atom is 0.262 e. The average Bonchev–Trinajstić information content (AvgIpc) is 2.76. The Balaban J connectivity index is 1.88. The fourth-order valence-electron chi connectivity index (χ4n) is 3.15. The number of hydrogen-bond acceptors (Lipinski definition) is 4. The van der Waals surface area contributed by atoms with Crippen LogP contribution in [-0.4, -0.2) is 19.1 Å². The Bertz CT molecular complexity index is 1170. The van der Waals surface area contributed by atoms with Crippen LogP contribution in [0, 0.1) is 11.3 Å². The predicted molar refractivity (Wildman–Crippen MR) is 126 cm³/mol. The average molecular weight is 479 g/mol. The highest BCUT2D eigenvalue weighted by Gasteiger charge is 2.14. The molecule has 0 aliphatic carbocycles. The summed E-state index contributed by atoms with van der Waals surface area (Å²) < 4.78 is 12.3. The number of carbonyl (C=O) groups is 1. The van der Waals surface area contributed by atoms with E-state index in [1.807, 2.05) is 44.2 Å². The van der Waals surface area contributed by atoms with Crippen LogP contribution >= 0.6 is 15.9 Å². The Kier molecular flexibility index (Phi) is 7.32. The summed E-state index contributed by atoms with van der Waals surface area (Å²) in [5.41, 5.74) is 1.73. The van der Waals surface area contributed by atoms with Gasteiger partial charge in [0.1, 0.15) is 18.2 Å². The molecular formula is C25H23BrN2O3. The molecule has 31 heavy (non-hydrogen) atoms. The van der Waals surface area contributed by atoms with Crippen molar-refractivity contribution < 1.29 is 14.3 Å². The van der Waals surface area contributed by atoms with Gasteiger partial charge in [0.2, 0.25) is 0 Å². The summed E-state index contributed by atoms with van der Waals surface area (Å²) in [6, 6.07) is 19.7. The molecule has 0 radical (unpaired) electrons. The van der Waals surface area contributed by atoms with Gasteiger partial charge < -0.3 is 14.8 Å². The van der Waals surface area contributed by atoms with Crippen LogP contribution in [0.5, 0.6) is 11.5 Å². The smallest absolute Gasteiger partial charge is 0.262 e. The van der Waals surface area contributed by atoms with E-state index in [1.165, 1.54) is 6.08 Å². The van der Waals surface area contributed by atoms with Gasteiger partial charge in [-0.15, -0.1) is 0 Å². The zero-order valence-electron chi connectivity index (χ0n) is 17.6. The van der Waals surface area contributed by atoms with Crippen molar-refractivity contribution in [3.05, 3.63) is 75.8 Å². The van der Waals surface area contributed by atoms with E-state index in [4.69, 9.17) is 9.47 Å². The molecule has 0 heterocycles. The topological polar surface area (TPSA) is 71.3 Å². The number of rotatable bonds is 7. The van der Waals surface area contributed by atoms with E-state index in [2.05, 4.69) is 39.4 Å². The molecule has 6 heteroatoms. The highest BCUT2D eigenvalue weighted by molar-refractivity contribution is 9.10. The van der Waals surface area contributed by atoms with Crippen LogP contribution in [0.25, 0.3) is 16.8 Å². The van der Waals surface area contributed by atoms with Gasteiger partial charge in [0.05, 0.1) is 7.11 Å².